The Balaban J connectivity index is 1.40. The van der Waals surface area contributed by atoms with Crippen molar-refractivity contribution in [2.45, 2.75) is 37.8 Å². The van der Waals surface area contributed by atoms with Gasteiger partial charge in [0.1, 0.15) is 11.8 Å². The molecule has 1 aliphatic heterocycles. The first kappa shape index (κ1) is 21.9. The molecule has 2 fully saturated rings. The summed E-state index contributed by atoms with van der Waals surface area (Å²) in [5.41, 5.74) is 1.15. The number of benzene rings is 2. The topological polar surface area (TPSA) is 87.7 Å². The number of nitrogens with one attached hydrogen (secondary N) is 2. The van der Waals surface area contributed by atoms with Crippen molar-refractivity contribution in [3.63, 3.8) is 0 Å². The number of hydrogen-bond acceptors (Lipinski definition) is 4. The van der Waals surface area contributed by atoms with Gasteiger partial charge in [-0.25, -0.2) is 0 Å². The second-order valence-electron chi connectivity index (χ2n) is 8.46. The van der Waals surface area contributed by atoms with Gasteiger partial charge in [-0.15, -0.1) is 0 Å². The molecule has 4 rings (SSSR count). The van der Waals surface area contributed by atoms with E-state index in [4.69, 9.17) is 4.74 Å². The Labute approximate surface area is 188 Å². The minimum atomic E-state index is -0.610. The SMILES string of the molecule is COc1ccc(C(=O)N2CCC(C(NC(=O)c3ccccc3)C(=O)NC3CC3)CC2)cc1. The largest absolute Gasteiger partial charge is 0.497 e. The van der Waals surface area contributed by atoms with E-state index in [1.165, 1.54) is 0 Å². The predicted molar refractivity (Wildman–Crippen MR) is 120 cm³/mol. The van der Waals surface area contributed by atoms with Gasteiger partial charge in [-0.3, -0.25) is 14.4 Å². The first-order valence-corrected chi connectivity index (χ1v) is 11.1. The van der Waals surface area contributed by atoms with Gasteiger partial charge in [0.25, 0.3) is 11.8 Å². The standard InChI is InChI=1S/C25H29N3O4/c1-32-21-11-7-19(8-12-21)25(31)28-15-13-17(14-16-28)22(24(30)26-20-9-10-20)27-23(29)18-5-3-2-4-6-18/h2-8,11-12,17,20,22H,9-10,13-16H2,1H3,(H,26,30)(H,27,29). The first-order valence-electron chi connectivity index (χ1n) is 11.1. The highest BCUT2D eigenvalue weighted by atomic mass is 16.5. The molecule has 7 heteroatoms. The van der Waals surface area contributed by atoms with Crippen molar-refractivity contribution in [1.82, 2.24) is 15.5 Å². The van der Waals surface area contributed by atoms with Gasteiger partial charge in [0, 0.05) is 30.3 Å². The minimum Gasteiger partial charge on any atom is -0.497 e. The van der Waals surface area contributed by atoms with E-state index in [0.29, 0.717) is 42.8 Å². The second-order valence-corrected chi connectivity index (χ2v) is 8.46. The van der Waals surface area contributed by atoms with E-state index in [2.05, 4.69) is 10.6 Å². The number of nitrogens with zero attached hydrogens (tertiary/aromatic N) is 1. The maximum atomic E-state index is 12.9. The lowest BCUT2D eigenvalue weighted by Crippen LogP contribution is -2.54. The van der Waals surface area contributed by atoms with Crippen LogP contribution in [0.4, 0.5) is 0 Å². The summed E-state index contributed by atoms with van der Waals surface area (Å²) in [6, 6.07) is 15.6. The van der Waals surface area contributed by atoms with E-state index in [9.17, 15) is 14.4 Å². The first-order chi connectivity index (χ1) is 15.5. The van der Waals surface area contributed by atoms with Gasteiger partial charge < -0.3 is 20.3 Å². The Hall–Kier alpha value is -3.35. The molecule has 0 spiro atoms. The summed E-state index contributed by atoms with van der Waals surface area (Å²) < 4.78 is 5.16. The molecule has 168 valence electrons. The molecular weight excluding hydrogens is 406 g/mol. The van der Waals surface area contributed by atoms with Crippen LogP contribution in [0.3, 0.4) is 0 Å². The summed E-state index contributed by atoms with van der Waals surface area (Å²) in [6.45, 7) is 1.09. The molecule has 1 atom stereocenters. The van der Waals surface area contributed by atoms with E-state index in [1.807, 2.05) is 11.0 Å². The summed E-state index contributed by atoms with van der Waals surface area (Å²) in [7, 11) is 1.59. The molecule has 0 bridgehead atoms. The molecule has 1 saturated heterocycles. The van der Waals surface area contributed by atoms with Crippen molar-refractivity contribution >= 4 is 17.7 Å². The highest BCUT2D eigenvalue weighted by molar-refractivity contribution is 5.98. The molecule has 2 N–H and O–H groups in total. The number of carbonyl (C=O) groups excluding carboxylic acids is 3. The molecule has 1 aliphatic carbocycles. The lowest BCUT2D eigenvalue weighted by molar-refractivity contribution is -0.124. The molecule has 1 unspecified atom stereocenters. The number of hydrogen-bond donors (Lipinski definition) is 2. The van der Waals surface area contributed by atoms with Crippen molar-refractivity contribution in [2.75, 3.05) is 20.2 Å². The van der Waals surface area contributed by atoms with E-state index < -0.39 is 6.04 Å². The van der Waals surface area contributed by atoms with Crippen molar-refractivity contribution in [2.24, 2.45) is 5.92 Å². The third kappa shape index (κ3) is 5.28. The quantitative estimate of drug-likeness (QED) is 0.700. The summed E-state index contributed by atoms with van der Waals surface area (Å²) in [6.07, 6.45) is 3.28. The highest BCUT2D eigenvalue weighted by Gasteiger charge is 2.36. The molecule has 2 aromatic carbocycles. The molecule has 2 aliphatic rings. The molecule has 32 heavy (non-hydrogen) atoms. The molecule has 0 aromatic heterocycles. The molecule has 7 nitrogen and oxygen atoms in total. The van der Waals surface area contributed by atoms with Gasteiger partial charge in [-0.05, 0) is 68.0 Å². The molecule has 2 aromatic rings. The maximum absolute atomic E-state index is 12.9. The van der Waals surface area contributed by atoms with Crippen LogP contribution in [0.1, 0.15) is 46.4 Å². The second kappa shape index (κ2) is 9.85. The zero-order valence-electron chi connectivity index (χ0n) is 18.3. The number of likely N-dealkylation sites (tertiary alicyclic amines) is 1. The van der Waals surface area contributed by atoms with Crippen molar-refractivity contribution in [3.05, 3.63) is 65.7 Å². The lowest BCUT2D eigenvalue weighted by Gasteiger charge is -2.36. The van der Waals surface area contributed by atoms with Crippen LogP contribution in [0.15, 0.2) is 54.6 Å². The predicted octanol–water partition coefficient (Wildman–Crippen LogP) is 2.62. The molecular formula is C25H29N3O4. The zero-order chi connectivity index (χ0) is 22.5. The summed E-state index contributed by atoms with van der Waals surface area (Å²) >= 11 is 0. The maximum Gasteiger partial charge on any atom is 0.253 e. The van der Waals surface area contributed by atoms with Gasteiger partial charge in [-0.2, -0.15) is 0 Å². The van der Waals surface area contributed by atoms with E-state index in [0.717, 1.165) is 12.8 Å². The van der Waals surface area contributed by atoms with Crippen LogP contribution in [0.5, 0.6) is 5.75 Å². The fourth-order valence-corrected chi connectivity index (χ4v) is 4.08. The summed E-state index contributed by atoms with van der Waals surface area (Å²) in [4.78, 5) is 40.4. The lowest BCUT2D eigenvalue weighted by atomic mass is 9.88. The Morgan fingerprint density at radius 2 is 1.56 bits per heavy atom. The van der Waals surface area contributed by atoms with Crippen LogP contribution >= 0.6 is 0 Å². The van der Waals surface area contributed by atoms with Gasteiger partial charge in [0.2, 0.25) is 5.91 Å². The zero-order valence-corrected chi connectivity index (χ0v) is 18.3. The fourth-order valence-electron chi connectivity index (χ4n) is 4.08. The molecule has 0 radical (unpaired) electrons. The molecule has 1 heterocycles. The summed E-state index contributed by atoms with van der Waals surface area (Å²) in [5, 5.41) is 5.99. The van der Waals surface area contributed by atoms with Crippen LogP contribution in [0.25, 0.3) is 0 Å². The molecule has 3 amide bonds. The minimum absolute atomic E-state index is 0.0265. The number of ether oxygens (including phenoxy) is 1. The van der Waals surface area contributed by atoms with Gasteiger partial charge in [0.05, 0.1) is 7.11 Å². The smallest absolute Gasteiger partial charge is 0.253 e. The Kier molecular flexibility index (Phi) is 6.73. The monoisotopic (exact) mass is 435 g/mol. The van der Waals surface area contributed by atoms with Crippen LogP contribution in [0.2, 0.25) is 0 Å². The third-order valence-corrected chi connectivity index (χ3v) is 6.16. The normalized spacial score (nSPS) is 17.3. The van der Waals surface area contributed by atoms with E-state index in [1.54, 1.807) is 55.6 Å². The average Bonchev–Trinajstić information content (AvgIpc) is 3.66. The van der Waals surface area contributed by atoms with Gasteiger partial charge in [-0.1, -0.05) is 18.2 Å². The van der Waals surface area contributed by atoms with Crippen molar-refractivity contribution in [3.8, 4) is 5.75 Å². The van der Waals surface area contributed by atoms with Crippen LogP contribution in [-0.2, 0) is 4.79 Å². The third-order valence-electron chi connectivity index (χ3n) is 6.16. The fraction of sp³-hybridized carbons (Fsp3) is 0.400. The Morgan fingerprint density at radius 1 is 0.906 bits per heavy atom. The number of methoxy groups -OCH3 is 1. The van der Waals surface area contributed by atoms with Crippen LogP contribution < -0.4 is 15.4 Å². The average molecular weight is 436 g/mol. The van der Waals surface area contributed by atoms with Gasteiger partial charge >= 0.3 is 0 Å². The number of amides is 3. The Bertz CT molecular complexity index is 949. The molecule has 1 saturated carbocycles. The van der Waals surface area contributed by atoms with Crippen molar-refractivity contribution in [1.29, 1.82) is 0 Å². The van der Waals surface area contributed by atoms with Gasteiger partial charge in [0.15, 0.2) is 0 Å². The van der Waals surface area contributed by atoms with E-state index >= 15 is 0 Å². The van der Waals surface area contributed by atoms with Crippen LogP contribution in [-0.4, -0.2) is 54.9 Å². The number of rotatable bonds is 7. The number of carbonyl (C=O) groups is 3. The number of piperidine rings is 1. The Morgan fingerprint density at radius 3 is 2.16 bits per heavy atom. The van der Waals surface area contributed by atoms with Crippen molar-refractivity contribution < 1.29 is 19.1 Å². The van der Waals surface area contributed by atoms with E-state index in [-0.39, 0.29) is 29.7 Å². The summed E-state index contributed by atoms with van der Waals surface area (Å²) in [5.74, 6) is 0.272. The van der Waals surface area contributed by atoms with Crippen LogP contribution in [0, 0.1) is 5.92 Å². The highest BCUT2D eigenvalue weighted by Crippen LogP contribution is 2.25.